The van der Waals surface area contributed by atoms with E-state index in [1.165, 1.54) is 4.90 Å². The minimum atomic E-state index is -3.12. The van der Waals surface area contributed by atoms with Gasteiger partial charge >= 0.3 is 12.1 Å². The van der Waals surface area contributed by atoms with Crippen LogP contribution in [0.3, 0.4) is 0 Å². The van der Waals surface area contributed by atoms with Crippen LogP contribution in [-0.2, 0) is 21.0 Å². The van der Waals surface area contributed by atoms with Crippen LogP contribution in [0.15, 0.2) is 17.5 Å². The summed E-state index contributed by atoms with van der Waals surface area (Å²) in [4.78, 5) is 47.6. The first-order valence-electron chi connectivity index (χ1n) is 11.5. The molecule has 2 N–H and O–H groups in total. The number of ketones is 1. The third-order valence-corrected chi connectivity index (χ3v) is 6.60. The van der Waals surface area contributed by atoms with Gasteiger partial charge in [0.1, 0.15) is 11.8 Å². The Morgan fingerprint density at radius 2 is 1.95 bits per heavy atom. The summed E-state index contributed by atoms with van der Waals surface area (Å²) in [6, 6.07) is 1.26. The largest absolute Gasteiger partial charge is 0.444 e. The van der Waals surface area contributed by atoms with Crippen LogP contribution in [0.1, 0.15) is 18.5 Å². The smallest absolute Gasteiger partial charge is 0.414 e. The Labute approximate surface area is 217 Å². The first-order chi connectivity index (χ1) is 18.2. The fraction of sp³-hybridized carbons (Fsp3) is 0.455. The molecule has 1 aromatic heterocycles. The van der Waals surface area contributed by atoms with Crippen LogP contribution in [0, 0.1) is 11.6 Å². The highest BCUT2D eigenvalue weighted by molar-refractivity contribution is 7.13. The van der Waals surface area contributed by atoms with Crippen molar-refractivity contribution in [1.82, 2.24) is 10.0 Å². The molecule has 206 valence electrons. The fourth-order valence-corrected chi connectivity index (χ4v) is 4.62. The zero-order valence-electron chi connectivity index (χ0n) is 19.7. The summed E-state index contributed by atoms with van der Waals surface area (Å²) in [6.45, 7) is -0.470. The lowest BCUT2D eigenvalue weighted by atomic mass is 10.1. The number of nitrogens with one attached hydrogen (secondary N) is 1. The topological polar surface area (TPSA) is 125 Å². The number of aliphatic hydroxyl groups excluding tert-OH is 1. The number of nitrogens with zero attached hydrogens (tertiary/aromatic N) is 4. The number of amides is 3. The maximum atomic E-state index is 15.1. The molecule has 2 aromatic rings. The summed E-state index contributed by atoms with van der Waals surface area (Å²) in [5.41, 5.74) is -0.116. The van der Waals surface area contributed by atoms with Gasteiger partial charge in [-0.3, -0.25) is 19.8 Å². The van der Waals surface area contributed by atoms with Gasteiger partial charge in [0.05, 0.1) is 37.7 Å². The maximum absolute atomic E-state index is 15.1. The number of cyclic esters (lactones) is 1. The van der Waals surface area contributed by atoms with Crippen molar-refractivity contribution in [2.24, 2.45) is 0 Å². The number of carbonyl (C=O) groups is 3. The highest BCUT2D eigenvalue weighted by Crippen LogP contribution is 2.32. The molecule has 16 heteroatoms. The molecule has 3 amide bonds. The molecule has 2 saturated heterocycles. The molecule has 0 spiro atoms. The number of aliphatic hydroxyl groups is 1. The predicted molar refractivity (Wildman–Crippen MR) is 126 cm³/mol. The van der Waals surface area contributed by atoms with Crippen molar-refractivity contribution in [3.63, 3.8) is 0 Å². The summed E-state index contributed by atoms with van der Waals surface area (Å²) in [7, 11) is 0. The van der Waals surface area contributed by atoms with Crippen molar-refractivity contribution in [3.8, 4) is 0 Å². The standard InChI is InChI=1S/C22H23F4N5O6S/c23-15-7-13(30-9-14(37-22(30)35)1-2-17(33)19(25)26)8-16(24)18(15)29-3-4-31(36-6-5-29)21(34)28-20-27-12(10-32)11-38-20/h7-8,11,14,19,32H,1-6,9-10H2,(H,27,28,34)/t14-/m0/s1. The van der Waals surface area contributed by atoms with Crippen LogP contribution in [0.25, 0.3) is 0 Å². The Balaban J connectivity index is 1.38. The van der Waals surface area contributed by atoms with E-state index >= 15 is 8.78 Å². The van der Waals surface area contributed by atoms with Crippen LogP contribution in [-0.4, -0.2) is 78.4 Å². The average Bonchev–Trinajstić information content (AvgIpc) is 3.40. The predicted octanol–water partition coefficient (Wildman–Crippen LogP) is 3.14. The molecule has 0 unspecified atom stereocenters. The summed E-state index contributed by atoms with van der Waals surface area (Å²) in [5, 5.41) is 14.4. The first-order valence-corrected chi connectivity index (χ1v) is 12.3. The number of halogens is 4. The molecule has 0 radical (unpaired) electrons. The summed E-state index contributed by atoms with van der Waals surface area (Å²) < 4.78 is 60.0. The number of benzene rings is 1. The molecule has 0 aliphatic carbocycles. The molecule has 2 aliphatic heterocycles. The van der Waals surface area contributed by atoms with Gasteiger partial charge in [0.2, 0.25) is 0 Å². The third-order valence-electron chi connectivity index (χ3n) is 5.80. The lowest BCUT2D eigenvalue weighted by molar-refractivity contribution is -0.129. The zero-order valence-corrected chi connectivity index (χ0v) is 20.6. The van der Waals surface area contributed by atoms with Crippen molar-refractivity contribution < 1.29 is 46.6 Å². The van der Waals surface area contributed by atoms with E-state index in [2.05, 4.69) is 10.3 Å². The molecule has 0 saturated carbocycles. The van der Waals surface area contributed by atoms with Crippen LogP contribution < -0.4 is 15.1 Å². The van der Waals surface area contributed by atoms with Gasteiger partial charge in [-0.15, -0.1) is 11.3 Å². The van der Waals surface area contributed by atoms with Gasteiger partial charge in [-0.2, -0.15) is 0 Å². The highest BCUT2D eigenvalue weighted by atomic mass is 32.1. The Kier molecular flexibility index (Phi) is 8.63. The van der Waals surface area contributed by atoms with E-state index in [9.17, 15) is 23.2 Å². The number of carbonyl (C=O) groups excluding carboxylic acids is 3. The van der Waals surface area contributed by atoms with E-state index in [1.807, 2.05) is 0 Å². The molecular formula is C22H23F4N5O6S. The number of alkyl halides is 2. The van der Waals surface area contributed by atoms with E-state index < -0.39 is 48.5 Å². The molecule has 2 aliphatic rings. The van der Waals surface area contributed by atoms with Crippen molar-refractivity contribution in [3.05, 3.63) is 34.8 Å². The number of anilines is 3. The fourth-order valence-electron chi connectivity index (χ4n) is 3.93. The molecule has 38 heavy (non-hydrogen) atoms. The van der Waals surface area contributed by atoms with Gasteiger partial charge in [-0.25, -0.2) is 37.2 Å². The second-order valence-electron chi connectivity index (χ2n) is 8.33. The van der Waals surface area contributed by atoms with E-state index in [0.29, 0.717) is 5.69 Å². The van der Waals surface area contributed by atoms with E-state index in [4.69, 9.17) is 14.7 Å². The highest BCUT2D eigenvalue weighted by Gasteiger charge is 2.34. The Morgan fingerprint density at radius 1 is 1.21 bits per heavy atom. The summed E-state index contributed by atoms with van der Waals surface area (Å²) >= 11 is 1.11. The first kappa shape index (κ1) is 27.5. The van der Waals surface area contributed by atoms with Crippen LogP contribution in [0.5, 0.6) is 0 Å². The SMILES string of the molecule is O=C(CC[C@H]1CN(c2cc(F)c(N3CCON(C(=O)Nc4nc(CO)cs4)CC3)c(F)c2)C(=O)O1)C(F)F. The Morgan fingerprint density at radius 3 is 2.61 bits per heavy atom. The molecule has 1 aromatic carbocycles. The monoisotopic (exact) mass is 561 g/mol. The number of hydrogen-bond donors (Lipinski definition) is 2. The molecule has 3 heterocycles. The molecule has 4 rings (SSSR count). The lowest BCUT2D eigenvalue weighted by Crippen LogP contribution is -2.37. The number of urea groups is 1. The van der Waals surface area contributed by atoms with Gasteiger partial charge in [0, 0.05) is 37.0 Å². The normalized spacial score (nSPS) is 18.1. The summed E-state index contributed by atoms with van der Waals surface area (Å²) in [5.74, 6) is -3.22. The number of hydrogen-bond acceptors (Lipinski definition) is 9. The minimum absolute atomic E-state index is 0.0202. The molecule has 1 atom stereocenters. The average molecular weight is 562 g/mol. The van der Waals surface area contributed by atoms with Crippen LogP contribution in [0.4, 0.5) is 43.7 Å². The number of aromatic nitrogens is 1. The van der Waals surface area contributed by atoms with Crippen molar-refractivity contribution in [2.45, 2.75) is 32.0 Å². The van der Waals surface area contributed by atoms with Gasteiger partial charge in [-0.05, 0) is 6.42 Å². The van der Waals surface area contributed by atoms with Gasteiger partial charge < -0.3 is 14.7 Å². The lowest BCUT2D eigenvalue weighted by Gasteiger charge is -2.24. The minimum Gasteiger partial charge on any atom is -0.444 e. The number of thiazole rings is 1. The molecule has 0 bridgehead atoms. The van der Waals surface area contributed by atoms with Gasteiger partial charge in [0.15, 0.2) is 22.5 Å². The van der Waals surface area contributed by atoms with Crippen molar-refractivity contribution in [1.29, 1.82) is 0 Å². The van der Waals surface area contributed by atoms with Gasteiger partial charge in [-0.1, -0.05) is 0 Å². The van der Waals surface area contributed by atoms with Crippen molar-refractivity contribution in [2.75, 3.05) is 47.9 Å². The second-order valence-corrected chi connectivity index (χ2v) is 9.19. The van der Waals surface area contributed by atoms with Crippen molar-refractivity contribution >= 4 is 45.8 Å². The van der Waals surface area contributed by atoms with Crippen LogP contribution in [0.2, 0.25) is 0 Å². The van der Waals surface area contributed by atoms with Crippen LogP contribution >= 0.6 is 11.3 Å². The van der Waals surface area contributed by atoms with E-state index in [0.717, 1.165) is 33.4 Å². The number of ether oxygens (including phenoxy) is 1. The Hall–Kier alpha value is -3.50. The van der Waals surface area contributed by atoms with E-state index in [-0.39, 0.29) is 62.3 Å². The summed E-state index contributed by atoms with van der Waals surface area (Å²) in [6.07, 6.45) is -5.55. The van der Waals surface area contributed by atoms with E-state index in [1.54, 1.807) is 5.38 Å². The second kappa shape index (κ2) is 11.9. The third kappa shape index (κ3) is 6.31. The molecule has 2 fully saturated rings. The van der Waals surface area contributed by atoms with Gasteiger partial charge in [0.25, 0.3) is 6.43 Å². The quantitative estimate of drug-likeness (QED) is 0.471. The number of Topliss-reactive ketones (excluding diaryl/α,β-unsaturated/α-hetero) is 1. The number of rotatable bonds is 8. The molecular weight excluding hydrogens is 538 g/mol. The molecule has 11 nitrogen and oxygen atoms in total. The number of hydroxylamine groups is 2. The maximum Gasteiger partial charge on any atom is 0.414 e. The Bertz CT molecular complexity index is 1180. The zero-order chi connectivity index (χ0) is 27.4.